The molecule has 4 rings (SSSR count). The number of para-hydroxylation sites is 1. The standard InChI is InChI=1S/C24H25N3/c1-18(2)25-23-22(19-12-6-3-7-13-19)26-27(21-16-10-5-11-17-21)24(23)20-14-8-4-9-15-20/h3-18,23-25H,1-2H3. The van der Waals surface area contributed by atoms with Crippen LogP contribution in [0.5, 0.6) is 0 Å². The fraction of sp³-hybridized carbons (Fsp3) is 0.208. The first-order valence-corrected chi connectivity index (χ1v) is 9.53. The van der Waals surface area contributed by atoms with Crippen LogP contribution in [0.3, 0.4) is 0 Å². The highest BCUT2D eigenvalue weighted by molar-refractivity contribution is 6.07. The molecule has 3 aromatic carbocycles. The van der Waals surface area contributed by atoms with Gasteiger partial charge in [0.1, 0.15) is 0 Å². The fourth-order valence-electron chi connectivity index (χ4n) is 3.69. The zero-order chi connectivity index (χ0) is 18.6. The molecular weight excluding hydrogens is 330 g/mol. The number of hydrogen-bond acceptors (Lipinski definition) is 3. The first-order chi connectivity index (χ1) is 13.2. The number of hydrogen-bond donors (Lipinski definition) is 1. The lowest BCUT2D eigenvalue weighted by atomic mass is 9.92. The van der Waals surface area contributed by atoms with Crippen LogP contribution in [0.1, 0.15) is 31.0 Å². The molecule has 1 aliphatic rings. The Balaban J connectivity index is 1.85. The third-order valence-electron chi connectivity index (χ3n) is 4.83. The Bertz CT molecular complexity index is 889. The summed E-state index contributed by atoms with van der Waals surface area (Å²) in [6, 6.07) is 32.1. The van der Waals surface area contributed by atoms with E-state index in [9.17, 15) is 0 Å². The SMILES string of the molecule is CC(C)NC1C(c2ccccc2)=NN(c2ccccc2)C1c1ccccc1. The summed E-state index contributed by atoms with van der Waals surface area (Å²) < 4.78 is 0. The molecule has 0 spiro atoms. The average molecular weight is 355 g/mol. The second kappa shape index (κ2) is 7.77. The van der Waals surface area contributed by atoms with Gasteiger partial charge in [-0.25, -0.2) is 0 Å². The fourth-order valence-corrected chi connectivity index (χ4v) is 3.69. The third-order valence-corrected chi connectivity index (χ3v) is 4.83. The second-order valence-electron chi connectivity index (χ2n) is 7.19. The highest BCUT2D eigenvalue weighted by atomic mass is 15.5. The van der Waals surface area contributed by atoms with E-state index < -0.39 is 0 Å². The van der Waals surface area contributed by atoms with Crippen molar-refractivity contribution in [2.45, 2.75) is 32.0 Å². The van der Waals surface area contributed by atoms with Crippen LogP contribution in [-0.2, 0) is 0 Å². The number of hydrazone groups is 1. The molecule has 0 saturated carbocycles. The van der Waals surface area contributed by atoms with Crippen LogP contribution >= 0.6 is 0 Å². The summed E-state index contributed by atoms with van der Waals surface area (Å²) >= 11 is 0. The molecule has 0 bridgehead atoms. The Hall–Kier alpha value is -2.91. The van der Waals surface area contributed by atoms with E-state index in [4.69, 9.17) is 5.10 Å². The number of nitrogens with zero attached hydrogens (tertiary/aromatic N) is 2. The van der Waals surface area contributed by atoms with Crippen molar-refractivity contribution in [3.8, 4) is 0 Å². The van der Waals surface area contributed by atoms with Crippen molar-refractivity contribution in [1.29, 1.82) is 0 Å². The molecule has 3 aromatic rings. The van der Waals surface area contributed by atoms with Gasteiger partial charge in [0, 0.05) is 6.04 Å². The summed E-state index contributed by atoms with van der Waals surface area (Å²) in [5.41, 5.74) is 4.61. The van der Waals surface area contributed by atoms with Gasteiger partial charge in [-0.05, 0) is 23.3 Å². The molecule has 1 aliphatic heterocycles. The molecule has 3 nitrogen and oxygen atoms in total. The van der Waals surface area contributed by atoms with E-state index >= 15 is 0 Å². The summed E-state index contributed by atoms with van der Waals surface area (Å²) in [6.07, 6.45) is 0. The van der Waals surface area contributed by atoms with Crippen LogP contribution in [0.4, 0.5) is 5.69 Å². The number of benzene rings is 3. The summed E-state index contributed by atoms with van der Waals surface area (Å²) in [4.78, 5) is 0. The van der Waals surface area contributed by atoms with Gasteiger partial charge in [-0.3, -0.25) is 5.01 Å². The van der Waals surface area contributed by atoms with Gasteiger partial charge in [-0.15, -0.1) is 0 Å². The van der Waals surface area contributed by atoms with Crippen LogP contribution in [0.25, 0.3) is 0 Å². The van der Waals surface area contributed by atoms with E-state index in [0.717, 1.165) is 17.0 Å². The van der Waals surface area contributed by atoms with Gasteiger partial charge >= 0.3 is 0 Å². The lowest BCUT2D eigenvalue weighted by molar-refractivity contribution is 0.485. The molecule has 0 saturated heterocycles. The molecule has 0 amide bonds. The molecule has 2 unspecified atom stereocenters. The Labute approximate surface area is 161 Å². The van der Waals surface area contributed by atoms with Gasteiger partial charge in [0.15, 0.2) is 0 Å². The van der Waals surface area contributed by atoms with Crippen LogP contribution < -0.4 is 10.3 Å². The Morgan fingerprint density at radius 3 is 1.93 bits per heavy atom. The molecule has 3 heteroatoms. The van der Waals surface area contributed by atoms with Crippen LogP contribution in [0.15, 0.2) is 96.1 Å². The summed E-state index contributed by atoms with van der Waals surface area (Å²) in [7, 11) is 0. The molecule has 0 fully saturated rings. The first kappa shape index (κ1) is 17.5. The van der Waals surface area contributed by atoms with E-state index in [1.165, 1.54) is 5.56 Å². The van der Waals surface area contributed by atoms with Crippen molar-refractivity contribution in [1.82, 2.24) is 5.32 Å². The van der Waals surface area contributed by atoms with Crippen LogP contribution in [0, 0.1) is 0 Å². The predicted molar refractivity (Wildman–Crippen MR) is 113 cm³/mol. The molecule has 136 valence electrons. The van der Waals surface area contributed by atoms with Crippen LogP contribution in [-0.4, -0.2) is 17.8 Å². The lowest BCUT2D eigenvalue weighted by Crippen LogP contribution is -2.45. The van der Waals surface area contributed by atoms with E-state index in [-0.39, 0.29) is 12.1 Å². The summed E-state index contributed by atoms with van der Waals surface area (Å²) in [6.45, 7) is 4.38. The van der Waals surface area contributed by atoms with Crippen molar-refractivity contribution in [3.63, 3.8) is 0 Å². The predicted octanol–water partition coefficient (Wildman–Crippen LogP) is 5.02. The average Bonchev–Trinajstić information content (AvgIpc) is 3.08. The number of anilines is 1. The molecule has 0 aromatic heterocycles. The quantitative estimate of drug-likeness (QED) is 0.696. The summed E-state index contributed by atoms with van der Waals surface area (Å²) in [5.74, 6) is 0. The van der Waals surface area contributed by atoms with Gasteiger partial charge in [-0.1, -0.05) is 92.7 Å². The zero-order valence-electron chi connectivity index (χ0n) is 15.8. The lowest BCUT2D eigenvalue weighted by Gasteiger charge is -2.30. The van der Waals surface area contributed by atoms with Crippen molar-refractivity contribution >= 4 is 11.4 Å². The Morgan fingerprint density at radius 2 is 1.33 bits per heavy atom. The second-order valence-corrected chi connectivity index (χ2v) is 7.19. The maximum Gasteiger partial charge on any atom is 0.0986 e. The van der Waals surface area contributed by atoms with Gasteiger partial charge in [0.2, 0.25) is 0 Å². The van der Waals surface area contributed by atoms with Crippen molar-refractivity contribution < 1.29 is 0 Å². The number of rotatable bonds is 5. The largest absolute Gasteiger partial charge is 0.304 e. The minimum Gasteiger partial charge on any atom is -0.304 e. The molecule has 27 heavy (non-hydrogen) atoms. The first-order valence-electron chi connectivity index (χ1n) is 9.53. The van der Waals surface area contributed by atoms with Crippen molar-refractivity contribution in [2.24, 2.45) is 5.10 Å². The normalized spacial score (nSPS) is 19.4. The Morgan fingerprint density at radius 1 is 0.778 bits per heavy atom. The molecule has 1 N–H and O–H groups in total. The van der Waals surface area contributed by atoms with E-state index in [1.807, 2.05) is 12.1 Å². The van der Waals surface area contributed by atoms with Gasteiger partial charge in [0.25, 0.3) is 0 Å². The molecule has 0 aliphatic carbocycles. The van der Waals surface area contributed by atoms with Crippen molar-refractivity contribution in [2.75, 3.05) is 5.01 Å². The maximum atomic E-state index is 5.11. The van der Waals surface area contributed by atoms with Gasteiger partial charge in [0.05, 0.1) is 23.5 Å². The van der Waals surface area contributed by atoms with Crippen LogP contribution in [0.2, 0.25) is 0 Å². The van der Waals surface area contributed by atoms with E-state index in [0.29, 0.717) is 6.04 Å². The van der Waals surface area contributed by atoms with Gasteiger partial charge < -0.3 is 5.32 Å². The van der Waals surface area contributed by atoms with Gasteiger partial charge in [-0.2, -0.15) is 5.10 Å². The van der Waals surface area contributed by atoms with Crippen molar-refractivity contribution in [3.05, 3.63) is 102 Å². The topological polar surface area (TPSA) is 27.6 Å². The highest BCUT2D eigenvalue weighted by Gasteiger charge is 2.39. The maximum absolute atomic E-state index is 5.11. The smallest absolute Gasteiger partial charge is 0.0986 e. The van der Waals surface area contributed by atoms with E-state index in [1.54, 1.807) is 0 Å². The molecular formula is C24H25N3. The molecule has 0 radical (unpaired) electrons. The van der Waals surface area contributed by atoms with E-state index in [2.05, 4.69) is 103 Å². The summed E-state index contributed by atoms with van der Waals surface area (Å²) in [5, 5.41) is 11.0. The monoisotopic (exact) mass is 355 g/mol. The Kier molecular flexibility index (Phi) is 5.03. The minimum atomic E-state index is 0.103. The zero-order valence-corrected chi connectivity index (χ0v) is 15.8. The molecule has 1 heterocycles. The highest BCUT2D eigenvalue weighted by Crippen LogP contribution is 2.37. The third kappa shape index (κ3) is 3.64. The molecule has 2 atom stereocenters. The minimum absolute atomic E-state index is 0.103. The number of nitrogens with one attached hydrogen (secondary N) is 1.